The third-order valence-electron chi connectivity index (χ3n) is 5.96. The molecule has 1 saturated carbocycles. The fourth-order valence-corrected chi connectivity index (χ4v) is 4.34. The molecule has 0 spiro atoms. The Kier molecular flexibility index (Phi) is 3.12. The summed E-state index contributed by atoms with van der Waals surface area (Å²) in [7, 11) is 0. The molecule has 1 aliphatic heterocycles. The Labute approximate surface area is 160 Å². The SMILES string of the molecule is O=C(N1CCc2[nH]cnc2[C@H]1c1cc2ccccc2o1)C1(c2cnco2)CC1. The van der Waals surface area contributed by atoms with Crippen molar-refractivity contribution in [3.05, 3.63) is 72.2 Å². The van der Waals surface area contributed by atoms with Crippen molar-refractivity contribution >= 4 is 16.9 Å². The maximum Gasteiger partial charge on any atom is 0.237 e. The molecule has 1 aliphatic carbocycles. The maximum atomic E-state index is 13.7. The van der Waals surface area contributed by atoms with Gasteiger partial charge in [0, 0.05) is 24.0 Å². The molecule has 140 valence electrons. The van der Waals surface area contributed by atoms with Crippen LogP contribution in [0.15, 0.2) is 58.1 Å². The highest BCUT2D eigenvalue weighted by Crippen LogP contribution is 2.51. The van der Waals surface area contributed by atoms with Crippen LogP contribution in [0.2, 0.25) is 0 Å². The molecule has 0 bridgehead atoms. The number of furan rings is 1. The first-order valence-corrected chi connectivity index (χ1v) is 9.47. The third-order valence-corrected chi connectivity index (χ3v) is 5.96. The van der Waals surface area contributed by atoms with Gasteiger partial charge in [-0.1, -0.05) is 18.2 Å². The number of nitrogens with one attached hydrogen (secondary N) is 1. The predicted molar refractivity (Wildman–Crippen MR) is 99.5 cm³/mol. The van der Waals surface area contributed by atoms with Crippen LogP contribution in [-0.4, -0.2) is 32.3 Å². The highest BCUT2D eigenvalue weighted by Gasteiger charge is 2.57. The van der Waals surface area contributed by atoms with Crippen molar-refractivity contribution in [2.75, 3.05) is 6.54 Å². The Morgan fingerprint density at radius 1 is 1.29 bits per heavy atom. The van der Waals surface area contributed by atoms with Crippen LogP contribution in [0.3, 0.4) is 0 Å². The Bertz CT molecular complexity index is 1140. The van der Waals surface area contributed by atoms with Crippen LogP contribution in [0.1, 0.15) is 41.8 Å². The smallest absolute Gasteiger partial charge is 0.237 e. The topological polar surface area (TPSA) is 88.2 Å². The maximum absolute atomic E-state index is 13.7. The highest BCUT2D eigenvalue weighted by atomic mass is 16.3. The number of carbonyl (C=O) groups is 1. The number of benzene rings is 1. The first-order chi connectivity index (χ1) is 13.8. The second-order valence-corrected chi connectivity index (χ2v) is 7.55. The van der Waals surface area contributed by atoms with Crippen molar-refractivity contribution in [3.8, 4) is 0 Å². The van der Waals surface area contributed by atoms with E-state index in [1.807, 2.05) is 35.2 Å². The molecule has 3 aromatic heterocycles. The molecule has 1 aromatic carbocycles. The summed E-state index contributed by atoms with van der Waals surface area (Å²) in [5, 5.41) is 1.02. The minimum Gasteiger partial charge on any atom is -0.458 e. The fourth-order valence-electron chi connectivity index (χ4n) is 4.34. The van der Waals surface area contributed by atoms with Crippen molar-refractivity contribution < 1.29 is 13.6 Å². The summed E-state index contributed by atoms with van der Waals surface area (Å²) in [4.78, 5) is 27.3. The Morgan fingerprint density at radius 3 is 2.96 bits per heavy atom. The van der Waals surface area contributed by atoms with Crippen LogP contribution in [0.5, 0.6) is 0 Å². The zero-order valence-electron chi connectivity index (χ0n) is 15.1. The van der Waals surface area contributed by atoms with Crippen LogP contribution >= 0.6 is 0 Å². The van der Waals surface area contributed by atoms with Gasteiger partial charge in [0.15, 0.2) is 6.39 Å². The minimum atomic E-state index is -0.603. The molecule has 4 aromatic rings. The summed E-state index contributed by atoms with van der Waals surface area (Å²) < 4.78 is 11.7. The number of aromatic nitrogens is 3. The number of para-hydroxylation sites is 1. The first-order valence-electron chi connectivity index (χ1n) is 9.47. The standard InChI is InChI=1S/C21H18N4O3/c26-20(21(6-7-21)17-10-22-12-27-17)25-8-5-14-18(24-11-23-14)19(25)16-9-13-3-1-2-4-15(13)28-16/h1-4,9-12,19H,5-8H2,(H,23,24)/t19-/m1/s1. The second kappa shape index (κ2) is 5.58. The van der Waals surface area contributed by atoms with E-state index < -0.39 is 5.41 Å². The number of imidazole rings is 1. The number of H-pyrrole nitrogens is 1. The average Bonchev–Trinajstić information content (AvgIpc) is 3.15. The van der Waals surface area contributed by atoms with Gasteiger partial charge in [-0.2, -0.15) is 0 Å². The summed E-state index contributed by atoms with van der Waals surface area (Å²) in [6.07, 6.45) is 7.03. The lowest BCUT2D eigenvalue weighted by Gasteiger charge is -2.35. The molecule has 1 atom stereocenters. The minimum absolute atomic E-state index is 0.0587. The highest BCUT2D eigenvalue weighted by molar-refractivity contribution is 5.91. The number of hydrogen-bond donors (Lipinski definition) is 1. The van der Waals surface area contributed by atoms with Gasteiger partial charge in [0.2, 0.25) is 5.91 Å². The van der Waals surface area contributed by atoms with Crippen molar-refractivity contribution in [1.29, 1.82) is 0 Å². The van der Waals surface area contributed by atoms with Gasteiger partial charge < -0.3 is 18.7 Å². The molecule has 7 heteroatoms. The molecule has 0 unspecified atom stereocenters. The van der Waals surface area contributed by atoms with E-state index in [0.29, 0.717) is 12.3 Å². The number of carbonyl (C=O) groups excluding carboxylic acids is 1. The van der Waals surface area contributed by atoms with Gasteiger partial charge in [-0.3, -0.25) is 4.79 Å². The van der Waals surface area contributed by atoms with E-state index in [1.165, 1.54) is 6.39 Å². The van der Waals surface area contributed by atoms with E-state index in [1.54, 1.807) is 12.5 Å². The van der Waals surface area contributed by atoms with Crippen molar-refractivity contribution in [3.63, 3.8) is 0 Å². The lowest BCUT2D eigenvalue weighted by Crippen LogP contribution is -2.45. The number of nitrogens with zero attached hydrogens (tertiary/aromatic N) is 3. The Morgan fingerprint density at radius 2 is 2.18 bits per heavy atom. The van der Waals surface area contributed by atoms with Crippen molar-refractivity contribution in [2.24, 2.45) is 0 Å². The number of amides is 1. The molecule has 1 fully saturated rings. The van der Waals surface area contributed by atoms with E-state index in [9.17, 15) is 4.79 Å². The molecule has 1 N–H and O–H groups in total. The van der Waals surface area contributed by atoms with E-state index in [2.05, 4.69) is 15.0 Å². The van der Waals surface area contributed by atoms with Gasteiger partial charge >= 0.3 is 0 Å². The van der Waals surface area contributed by atoms with E-state index in [4.69, 9.17) is 8.83 Å². The zero-order valence-corrected chi connectivity index (χ0v) is 15.1. The van der Waals surface area contributed by atoms with Gasteiger partial charge in [-0.05, 0) is 25.0 Å². The first kappa shape index (κ1) is 15.7. The number of hydrogen-bond acceptors (Lipinski definition) is 5. The number of rotatable bonds is 3. The van der Waals surface area contributed by atoms with Crippen LogP contribution in [0, 0.1) is 0 Å². The number of aromatic amines is 1. The number of fused-ring (bicyclic) bond motifs is 2. The third kappa shape index (κ3) is 2.13. The zero-order chi connectivity index (χ0) is 18.7. The summed E-state index contributed by atoms with van der Waals surface area (Å²) in [5.41, 5.74) is 2.11. The van der Waals surface area contributed by atoms with Gasteiger partial charge in [0.05, 0.1) is 18.2 Å². The molecule has 2 aliphatic rings. The predicted octanol–water partition coefficient (Wildman–Crippen LogP) is 3.35. The van der Waals surface area contributed by atoms with E-state index in [0.717, 1.165) is 47.4 Å². The summed E-state index contributed by atoms with van der Waals surface area (Å²) in [6.45, 7) is 0.603. The largest absolute Gasteiger partial charge is 0.458 e. The number of oxazole rings is 1. The van der Waals surface area contributed by atoms with Crippen LogP contribution in [-0.2, 0) is 16.6 Å². The van der Waals surface area contributed by atoms with Gasteiger partial charge in [0.25, 0.3) is 0 Å². The van der Waals surface area contributed by atoms with E-state index in [-0.39, 0.29) is 11.9 Å². The Hall–Kier alpha value is -3.35. The molecule has 0 radical (unpaired) electrons. The molecule has 4 heterocycles. The van der Waals surface area contributed by atoms with E-state index >= 15 is 0 Å². The Balaban J connectivity index is 1.46. The normalized spacial score (nSPS) is 20.3. The second-order valence-electron chi connectivity index (χ2n) is 7.55. The van der Waals surface area contributed by atoms with Gasteiger partial charge in [0.1, 0.15) is 28.6 Å². The van der Waals surface area contributed by atoms with Gasteiger partial charge in [-0.25, -0.2) is 9.97 Å². The van der Waals surface area contributed by atoms with Crippen LogP contribution < -0.4 is 0 Å². The molecular weight excluding hydrogens is 356 g/mol. The van der Waals surface area contributed by atoms with Crippen molar-refractivity contribution in [2.45, 2.75) is 30.7 Å². The van der Waals surface area contributed by atoms with Crippen LogP contribution in [0.25, 0.3) is 11.0 Å². The van der Waals surface area contributed by atoms with Gasteiger partial charge in [-0.15, -0.1) is 0 Å². The molecule has 7 nitrogen and oxygen atoms in total. The molecule has 6 rings (SSSR count). The fraction of sp³-hybridized carbons (Fsp3) is 0.286. The van der Waals surface area contributed by atoms with Crippen LogP contribution in [0.4, 0.5) is 0 Å². The summed E-state index contributed by atoms with van der Waals surface area (Å²) in [5.74, 6) is 1.44. The quantitative estimate of drug-likeness (QED) is 0.594. The summed E-state index contributed by atoms with van der Waals surface area (Å²) >= 11 is 0. The average molecular weight is 374 g/mol. The monoisotopic (exact) mass is 374 g/mol. The van der Waals surface area contributed by atoms with Crippen molar-refractivity contribution in [1.82, 2.24) is 19.9 Å². The lowest BCUT2D eigenvalue weighted by molar-refractivity contribution is -0.137. The molecule has 28 heavy (non-hydrogen) atoms. The molecule has 0 saturated heterocycles. The molecular formula is C21H18N4O3. The molecule has 1 amide bonds. The summed E-state index contributed by atoms with van der Waals surface area (Å²) in [6, 6.07) is 9.54. The lowest BCUT2D eigenvalue weighted by atomic mass is 9.95.